The summed E-state index contributed by atoms with van der Waals surface area (Å²) in [5, 5.41) is 9.12. The Bertz CT molecular complexity index is 892. The first-order chi connectivity index (χ1) is 12.0. The van der Waals surface area contributed by atoms with E-state index in [0.29, 0.717) is 21.7 Å². The number of anilines is 3. The van der Waals surface area contributed by atoms with E-state index in [9.17, 15) is 4.79 Å². The number of nitrogens with one attached hydrogen (secondary N) is 2. The number of carbonyl (C=O) groups excluding carboxylic acids is 1. The number of aromatic nitrogens is 2. The molecule has 0 radical (unpaired) electrons. The number of nitrogens with zero attached hydrogens (tertiary/aromatic N) is 2. The molecule has 0 unspecified atom stereocenters. The summed E-state index contributed by atoms with van der Waals surface area (Å²) < 4.78 is 0. The largest absolute Gasteiger partial charge is 0.326 e. The van der Waals surface area contributed by atoms with Gasteiger partial charge in [0.2, 0.25) is 5.91 Å². The van der Waals surface area contributed by atoms with Crippen molar-refractivity contribution in [2.45, 2.75) is 20.3 Å². The Morgan fingerprint density at radius 2 is 2.04 bits per heavy atom. The van der Waals surface area contributed by atoms with Crippen molar-refractivity contribution < 1.29 is 4.79 Å². The van der Waals surface area contributed by atoms with Gasteiger partial charge in [-0.3, -0.25) is 4.79 Å². The number of hydrogen-bond acceptors (Lipinski definition) is 5. The molecular formula is C18H17ClN4OS. The lowest BCUT2D eigenvalue weighted by atomic mass is 10.1. The molecule has 0 saturated carbocycles. The van der Waals surface area contributed by atoms with Gasteiger partial charge in [0.15, 0.2) is 5.13 Å². The van der Waals surface area contributed by atoms with E-state index in [4.69, 9.17) is 11.6 Å². The first-order valence-electron chi connectivity index (χ1n) is 7.70. The monoisotopic (exact) mass is 372 g/mol. The van der Waals surface area contributed by atoms with Crippen molar-refractivity contribution in [2.75, 3.05) is 10.6 Å². The van der Waals surface area contributed by atoms with Gasteiger partial charge < -0.3 is 10.6 Å². The van der Waals surface area contributed by atoms with Gasteiger partial charge in [-0.05, 0) is 49.2 Å². The van der Waals surface area contributed by atoms with Gasteiger partial charge in [0.25, 0.3) is 0 Å². The van der Waals surface area contributed by atoms with Crippen LogP contribution in [0, 0.1) is 13.8 Å². The number of aryl methyl sites for hydroxylation is 2. The maximum atomic E-state index is 12.2. The highest BCUT2D eigenvalue weighted by atomic mass is 35.5. The standard InChI is InChI=1S/C18H17ClN4OS/c1-11-3-5-14(7-12(11)2)21-17(24)8-15-10-25-18(22-15)23-16-6-4-13(19)9-20-16/h3-7,9-10H,8H2,1-2H3,(H,21,24)(H,20,22,23). The molecule has 3 aromatic rings. The van der Waals surface area contributed by atoms with Crippen LogP contribution in [0.3, 0.4) is 0 Å². The first kappa shape index (κ1) is 17.4. The van der Waals surface area contributed by atoms with Gasteiger partial charge in [-0.15, -0.1) is 11.3 Å². The van der Waals surface area contributed by atoms with Crippen LogP contribution in [-0.2, 0) is 11.2 Å². The molecule has 128 valence electrons. The minimum Gasteiger partial charge on any atom is -0.326 e. The Hall–Kier alpha value is -2.44. The molecule has 0 aliphatic heterocycles. The van der Waals surface area contributed by atoms with Crippen LogP contribution in [0.5, 0.6) is 0 Å². The fraction of sp³-hybridized carbons (Fsp3) is 0.167. The Morgan fingerprint density at radius 1 is 1.20 bits per heavy atom. The summed E-state index contributed by atoms with van der Waals surface area (Å²) in [6.07, 6.45) is 1.79. The van der Waals surface area contributed by atoms with Crippen molar-refractivity contribution in [2.24, 2.45) is 0 Å². The Labute approximate surface area is 155 Å². The van der Waals surface area contributed by atoms with Gasteiger partial charge in [-0.25, -0.2) is 9.97 Å². The Balaban J connectivity index is 1.59. The molecule has 2 heterocycles. The lowest BCUT2D eigenvalue weighted by molar-refractivity contribution is -0.115. The van der Waals surface area contributed by atoms with Crippen molar-refractivity contribution in [1.82, 2.24) is 9.97 Å². The van der Waals surface area contributed by atoms with Crippen molar-refractivity contribution in [3.8, 4) is 0 Å². The van der Waals surface area contributed by atoms with Crippen LogP contribution in [0.4, 0.5) is 16.6 Å². The summed E-state index contributed by atoms with van der Waals surface area (Å²) in [7, 11) is 0. The average molecular weight is 373 g/mol. The molecule has 0 aliphatic rings. The highest BCUT2D eigenvalue weighted by Gasteiger charge is 2.09. The third-order valence-corrected chi connectivity index (χ3v) is 4.68. The fourth-order valence-corrected chi connectivity index (χ4v) is 3.02. The molecule has 25 heavy (non-hydrogen) atoms. The zero-order valence-corrected chi connectivity index (χ0v) is 15.4. The second-order valence-electron chi connectivity index (χ2n) is 5.65. The van der Waals surface area contributed by atoms with Crippen LogP contribution < -0.4 is 10.6 Å². The van der Waals surface area contributed by atoms with Gasteiger partial charge in [0.05, 0.1) is 17.1 Å². The predicted molar refractivity (Wildman–Crippen MR) is 103 cm³/mol. The molecule has 3 rings (SSSR count). The second-order valence-corrected chi connectivity index (χ2v) is 6.95. The molecule has 0 bridgehead atoms. The molecule has 5 nitrogen and oxygen atoms in total. The lowest BCUT2D eigenvalue weighted by Crippen LogP contribution is -2.14. The summed E-state index contributed by atoms with van der Waals surface area (Å²) in [4.78, 5) is 20.8. The molecular weight excluding hydrogens is 356 g/mol. The molecule has 0 aliphatic carbocycles. The number of halogens is 1. The number of hydrogen-bond donors (Lipinski definition) is 2. The number of thiazole rings is 1. The SMILES string of the molecule is Cc1ccc(NC(=O)Cc2csc(Nc3ccc(Cl)cn3)n2)cc1C. The topological polar surface area (TPSA) is 66.9 Å². The molecule has 2 N–H and O–H groups in total. The third-order valence-electron chi connectivity index (χ3n) is 3.65. The number of pyridine rings is 1. The Morgan fingerprint density at radius 3 is 2.76 bits per heavy atom. The van der Waals surface area contributed by atoms with Crippen LogP contribution in [-0.4, -0.2) is 15.9 Å². The van der Waals surface area contributed by atoms with E-state index in [1.54, 1.807) is 18.3 Å². The molecule has 0 saturated heterocycles. The van der Waals surface area contributed by atoms with E-state index >= 15 is 0 Å². The highest BCUT2D eigenvalue weighted by Crippen LogP contribution is 2.21. The van der Waals surface area contributed by atoms with Crippen LogP contribution in [0.15, 0.2) is 41.9 Å². The van der Waals surface area contributed by atoms with Crippen LogP contribution in [0.1, 0.15) is 16.8 Å². The molecule has 0 fully saturated rings. The maximum Gasteiger partial charge on any atom is 0.230 e. The summed E-state index contributed by atoms with van der Waals surface area (Å²) in [5.41, 5.74) is 3.85. The fourth-order valence-electron chi connectivity index (χ4n) is 2.19. The van der Waals surface area contributed by atoms with Gasteiger partial charge in [-0.1, -0.05) is 17.7 Å². The van der Waals surface area contributed by atoms with Crippen LogP contribution >= 0.6 is 22.9 Å². The summed E-state index contributed by atoms with van der Waals surface area (Å²) >= 11 is 7.24. The zero-order chi connectivity index (χ0) is 17.8. The molecule has 2 aromatic heterocycles. The smallest absolute Gasteiger partial charge is 0.230 e. The number of benzene rings is 1. The minimum atomic E-state index is -0.0929. The third kappa shape index (κ3) is 4.78. The van der Waals surface area contributed by atoms with E-state index in [2.05, 4.69) is 20.6 Å². The van der Waals surface area contributed by atoms with E-state index in [0.717, 1.165) is 11.3 Å². The second kappa shape index (κ2) is 7.63. The van der Waals surface area contributed by atoms with Gasteiger partial charge in [0, 0.05) is 17.3 Å². The lowest BCUT2D eigenvalue weighted by Gasteiger charge is -2.07. The average Bonchev–Trinajstić information content (AvgIpc) is 3.00. The van der Waals surface area contributed by atoms with E-state index in [1.807, 2.05) is 37.4 Å². The van der Waals surface area contributed by atoms with Gasteiger partial charge in [0.1, 0.15) is 5.82 Å². The van der Waals surface area contributed by atoms with Crippen LogP contribution in [0.2, 0.25) is 5.02 Å². The van der Waals surface area contributed by atoms with Crippen molar-refractivity contribution in [1.29, 1.82) is 0 Å². The summed E-state index contributed by atoms with van der Waals surface area (Å²) in [5.74, 6) is 0.564. The molecule has 7 heteroatoms. The minimum absolute atomic E-state index is 0.0929. The van der Waals surface area contributed by atoms with Crippen LogP contribution in [0.25, 0.3) is 0 Å². The van der Waals surface area contributed by atoms with E-state index in [-0.39, 0.29) is 12.3 Å². The van der Waals surface area contributed by atoms with Gasteiger partial charge in [-0.2, -0.15) is 0 Å². The predicted octanol–water partition coefficient (Wildman–Crippen LogP) is 4.73. The maximum absolute atomic E-state index is 12.2. The number of carbonyl (C=O) groups is 1. The highest BCUT2D eigenvalue weighted by molar-refractivity contribution is 7.13. The molecule has 0 spiro atoms. The van der Waals surface area contributed by atoms with Crippen molar-refractivity contribution in [3.05, 3.63) is 63.8 Å². The number of amides is 1. The zero-order valence-electron chi connectivity index (χ0n) is 13.8. The summed E-state index contributed by atoms with van der Waals surface area (Å²) in [6.45, 7) is 4.06. The van der Waals surface area contributed by atoms with Gasteiger partial charge >= 0.3 is 0 Å². The normalized spacial score (nSPS) is 10.5. The number of rotatable bonds is 5. The quantitative estimate of drug-likeness (QED) is 0.679. The Kier molecular flexibility index (Phi) is 5.31. The van der Waals surface area contributed by atoms with E-state index in [1.165, 1.54) is 16.9 Å². The van der Waals surface area contributed by atoms with Crippen molar-refractivity contribution >= 4 is 45.5 Å². The molecule has 1 amide bonds. The molecule has 1 aromatic carbocycles. The first-order valence-corrected chi connectivity index (χ1v) is 8.95. The summed E-state index contributed by atoms with van der Waals surface area (Å²) in [6, 6.07) is 9.39. The van der Waals surface area contributed by atoms with Crippen molar-refractivity contribution in [3.63, 3.8) is 0 Å². The van der Waals surface area contributed by atoms with E-state index < -0.39 is 0 Å². The molecule has 0 atom stereocenters.